The second-order valence-corrected chi connectivity index (χ2v) is 6.37. The molecule has 2 aromatic rings. The Morgan fingerprint density at radius 1 is 1.33 bits per heavy atom. The van der Waals surface area contributed by atoms with E-state index < -0.39 is 18.8 Å². The maximum Gasteiger partial charge on any atom is 0.496 e. The van der Waals surface area contributed by atoms with Gasteiger partial charge in [-0.15, -0.1) is 0 Å². The molecule has 0 aliphatic heterocycles. The maximum absolute atomic E-state index is 11.9. The van der Waals surface area contributed by atoms with Crippen molar-refractivity contribution in [3.63, 3.8) is 0 Å². The summed E-state index contributed by atoms with van der Waals surface area (Å²) in [7, 11) is 0.815. The molecule has 2 rings (SSSR count). The van der Waals surface area contributed by atoms with Gasteiger partial charge in [-0.3, -0.25) is 0 Å². The van der Waals surface area contributed by atoms with Crippen molar-refractivity contribution >= 4 is 29.7 Å². The highest BCUT2D eigenvalue weighted by Crippen LogP contribution is 2.44. The van der Waals surface area contributed by atoms with Crippen LogP contribution in [0.5, 0.6) is 0 Å². The second-order valence-electron chi connectivity index (χ2n) is 3.28. The summed E-state index contributed by atoms with van der Waals surface area (Å²) in [5.74, 6) is -0.574. The third-order valence-corrected chi connectivity index (χ3v) is 5.11. The Balaban J connectivity index is 2.34. The lowest BCUT2D eigenvalue weighted by Gasteiger charge is -2.00. The number of rotatable bonds is 5. The third-order valence-electron chi connectivity index (χ3n) is 2.18. The maximum atomic E-state index is 11.9. The lowest BCUT2D eigenvalue weighted by Crippen LogP contribution is -2.10. The molecule has 1 aromatic carbocycles. The van der Waals surface area contributed by atoms with Crippen molar-refractivity contribution in [2.45, 2.75) is 6.03 Å². The average Bonchev–Trinajstić information content (AvgIpc) is 2.68. The van der Waals surface area contributed by atoms with Crippen molar-refractivity contribution in [1.29, 1.82) is 0 Å². The van der Waals surface area contributed by atoms with Gasteiger partial charge in [-0.1, -0.05) is 16.7 Å². The van der Waals surface area contributed by atoms with Crippen LogP contribution in [-0.4, -0.2) is 24.2 Å². The molecule has 0 aliphatic rings. The molecule has 0 saturated heterocycles. The summed E-state index contributed by atoms with van der Waals surface area (Å²) in [6.45, 7) is 0. The van der Waals surface area contributed by atoms with Crippen molar-refractivity contribution in [3.8, 4) is 0 Å². The van der Waals surface area contributed by atoms with Gasteiger partial charge in [0.05, 0.1) is 0 Å². The first-order chi connectivity index (χ1) is 8.67. The van der Waals surface area contributed by atoms with E-state index in [4.69, 9.17) is 13.9 Å². The van der Waals surface area contributed by atoms with E-state index in [-0.39, 0.29) is 0 Å². The van der Waals surface area contributed by atoms with E-state index >= 15 is 0 Å². The Kier molecular flexibility index (Phi) is 4.19. The van der Waals surface area contributed by atoms with E-state index in [1.807, 2.05) is 0 Å². The lowest BCUT2D eigenvalue weighted by atomic mass is 10.3. The molecule has 0 spiro atoms. The van der Waals surface area contributed by atoms with Crippen molar-refractivity contribution in [3.05, 3.63) is 34.8 Å². The normalized spacial score (nSPS) is 12.3. The summed E-state index contributed by atoms with van der Waals surface area (Å²) >= 11 is 0.833. The van der Waals surface area contributed by atoms with E-state index in [2.05, 4.69) is 0 Å². The van der Waals surface area contributed by atoms with Gasteiger partial charge < -0.3 is 13.9 Å². The molecule has 0 N–H and O–H groups in total. The van der Waals surface area contributed by atoms with Crippen LogP contribution in [0.3, 0.4) is 0 Å². The zero-order chi connectivity index (χ0) is 13.1. The first kappa shape index (κ1) is 13.3. The quantitative estimate of drug-likeness (QED) is 0.621. The van der Waals surface area contributed by atoms with Crippen LogP contribution >= 0.6 is 18.6 Å². The highest BCUT2D eigenvalue weighted by molar-refractivity contribution is 8.51. The zero-order valence-electron chi connectivity index (χ0n) is 9.73. The Bertz CT molecular complexity index is 618. The molecule has 0 bridgehead atoms. The molecular weight excluding hydrogens is 277 g/mol. The first-order valence-corrected chi connectivity index (χ1v) is 7.69. The summed E-state index contributed by atoms with van der Waals surface area (Å²) in [4.78, 5) is 11.6. The summed E-state index contributed by atoms with van der Waals surface area (Å²) in [6, 6.07) is 6.04. The molecule has 0 radical (unpaired) electrons. The van der Waals surface area contributed by atoms with Gasteiger partial charge in [0.15, 0.2) is 5.58 Å². The first-order valence-electron chi connectivity index (χ1n) is 4.98. The number of ether oxygens (including phenoxy) is 2. The highest BCUT2D eigenvalue weighted by atomic mass is 32.7. The van der Waals surface area contributed by atoms with Gasteiger partial charge in [0.2, 0.25) is 0 Å². The Hall–Kier alpha value is -1.14. The van der Waals surface area contributed by atoms with Gasteiger partial charge >= 0.3 is 18.8 Å². The molecule has 0 saturated carbocycles. The number of nitrogens with zero attached hydrogens (tertiary/aromatic N) is 1. The second kappa shape index (κ2) is 5.67. The largest absolute Gasteiger partial charge is 0.496 e. The standard InChI is InChI=1S/C10H11NO5PS/c1-14-10(15-2)17(13)18-11-7-5-3-4-6-8(7)16-9(11)12/h3-6,10H,1-2H3/q+1. The number of hydrogen-bond donors (Lipinski definition) is 0. The number of aromatic nitrogens is 1. The van der Waals surface area contributed by atoms with Gasteiger partial charge in [0.25, 0.3) is 11.6 Å². The molecule has 1 atom stereocenters. The van der Waals surface area contributed by atoms with E-state index in [0.29, 0.717) is 11.1 Å². The predicted molar refractivity (Wildman–Crippen MR) is 68.9 cm³/mol. The summed E-state index contributed by atoms with van der Waals surface area (Å²) < 4.78 is 28.0. The Morgan fingerprint density at radius 2 is 2.00 bits per heavy atom. The molecule has 0 amide bonds. The van der Waals surface area contributed by atoms with Gasteiger partial charge in [-0.2, -0.15) is 3.97 Å². The van der Waals surface area contributed by atoms with Crippen LogP contribution in [0.2, 0.25) is 0 Å². The van der Waals surface area contributed by atoms with Crippen molar-refractivity contribution in [2.75, 3.05) is 14.2 Å². The topological polar surface area (TPSA) is 70.7 Å². The number of fused-ring (bicyclic) bond motifs is 1. The number of hydrogen-bond acceptors (Lipinski definition) is 6. The van der Waals surface area contributed by atoms with Crippen LogP contribution in [0.4, 0.5) is 0 Å². The number of para-hydroxylation sites is 2. The molecule has 0 aliphatic carbocycles. The Morgan fingerprint density at radius 3 is 2.67 bits per heavy atom. The highest BCUT2D eigenvalue weighted by Gasteiger charge is 2.35. The van der Waals surface area contributed by atoms with Crippen molar-refractivity contribution in [2.24, 2.45) is 0 Å². The minimum absolute atomic E-state index is 0.449. The molecule has 18 heavy (non-hydrogen) atoms. The van der Waals surface area contributed by atoms with E-state index in [1.165, 1.54) is 18.2 Å². The number of benzene rings is 1. The van der Waals surface area contributed by atoms with E-state index in [0.717, 1.165) is 11.6 Å². The SMILES string of the molecule is COC(OC)[P+](=O)Sn1c(=O)oc2ccccc21. The fraction of sp³-hybridized carbons (Fsp3) is 0.300. The molecular formula is C10H11NO5PS+. The van der Waals surface area contributed by atoms with Crippen molar-refractivity contribution in [1.82, 2.24) is 3.97 Å². The molecule has 1 aromatic heterocycles. The predicted octanol–water partition coefficient (Wildman–Crippen LogP) is 2.41. The molecule has 96 valence electrons. The Labute approximate surface area is 108 Å². The van der Waals surface area contributed by atoms with Gasteiger partial charge in [0, 0.05) is 14.2 Å². The molecule has 1 unspecified atom stereocenters. The fourth-order valence-corrected chi connectivity index (χ4v) is 4.03. The minimum atomic E-state index is -1.96. The van der Waals surface area contributed by atoms with E-state index in [1.54, 1.807) is 24.3 Å². The van der Waals surface area contributed by atoms with Crippen LogP contribution in [0, 0.1) is 0 Å². The van der Waals surface area contributed by atoms with Gasteiger partial charge in [-0.05, 0) is 12.1 Å². The smallest absolute Gasteiger partial charge is 0.407 e. The van der Waals surface area contributed by atoms with Crippen LogP contribution in [0.1, 0.15) is 0 Å². The number of oxazole rings is 1. The summed E-state index contributed by atoms with van der Waals surface area (Å²) in [5, 5.41) is 0. The van der Waals surface area contributed by atoms with Crippen LogP contribution in [0.15, 0.2) is 33.5 Å². The monoisotopic (exact) mass is 288 g/mol. The average molecular weight is 288 g/mol. The minimum Gasteiger partial charge on any atom is -0.407 e. The van der Waals surface area contributed by atoms with Crippen molar-refractivity contribution < 1.29 is 18.5 Å². The molecule has 1 heterocycles. The van der Waals surface area contributed by atoms with Crippen LogP contribution < -0.4 is 5.76 Å². The van der Waals surface area contributed by atoms with E-state index in [9.17, 15) is 9.36 Å². The third kappa shape index (κ3) is 2.49. The molecule has 0 fully saturated rings. The fourth-order valence-electron chi connectivity index (χ4n) is 1.41. The molecule has 8 heteroatoms. The van der Waals surface area contributed by atoms with Gasteiger partial charge in [-0.25, -0.2) is 4.79 Å². The number of methoxy groups -OCH3 is 2. The van der Waals surface area contributed by atoms with Gasteiger partial charge in [0.1, 0.15) is 5.52 Å². The molecule has 6 nitrogen and oxygen atoms in total. The van der Waals surface area contributed by atoms with Crippen LogP contribution in [0.25, 0.3) is 11.1 Å². The lowest BCUT2D eigenvalue weighted by molar-refractivity contribution is -0.0392. The summed E-state index contributed by atoms with van der Waals surface area (Å²) in [5.41, 5.74) is 1.02. The summed E-state index contributed by atoms with van der Waals surface area (Å²) in [6.07, 6.45) is 0. The zero-order valence-corrected chi connectivity index (χ0v) is 11.4. The van der Waals surface area contributed by atoms with Crippen LogP contribution in [-0.2, 0) is 14.0 Å².